The van der Waals surface area contributed by atoms with Gasteiger partial charge in [0.25, 0.3) is 0 Å². The Morgan fingerprint density at radius 1 is 1.27 bits per heavy atom. The molecule has 0 aliphatic carbocycles. The number of benzene rings is 1. The van der Waals surface area contributed by atoms with Crippen LogP contribution < -0.4 is 9.47 Å². The summed E-state index contributed by atoms with van der Waals surface area (Å²) in [6, 6.07) is 7.24. The Kier molecular flexibility index (Phi) is 4.16. The highest BCUT2D eigenvalue weighted by atomic mass is 16.5. The number of ketones is 1. The zero-order chi connectivity index (χ0) is 11.3. The smallest absolute Gasteiger partial charge is 0.169 e. The lowest BCUT2D eigenvalue weighted by molar-refractivity contribution is -0.122. The van der Waals surface area contributed by atoms with E-state index in [1.165, 1.54) is 6.92 Å². The van der Waals surface area contributed by atoms with Gasteiger partial charge in [-0.25, -0.2) is 0 Å². The zero-order valence-corrected chi connectivity index (χ0v) is 9.32. The van der Waals surface area contributed by atoms with Crippen LogP contribution in [-0.2, 0) is 4.79 Å². The van der Waals surface area contributed by atoms with Crippen molar-refractivity contribution in [1.29, 1.82) is 0 Å². The Labute approximate surface area is 90.0 Å². The van der Waals surface area contributed by atoms with Gasteiger partial charge in [0.2, 0.25) is 0 Å². The topological polar surface area (TPSA) is 35.5 Å². The molecule has 0 saturated heterocycles. The summed E-state index contributed by atoms with van der Waals surface area (Å²) in [5, 5.41) is 0. The Bertz CT molecular complexity index is 316. The first kappa shape index (κ1) is 11.6. The van der Waals surface area contributed by atoms with Crippen LogP contribution in [0.15, 0.2) is 24.3 Å². The van der Waals surface area contributed by atoms with Crippen molar-refractivity contribution >= 4 is 5.78 Å². The first-order valence-corrected chi connectivity index (χ1v) is 5.03. The van der Waals surface area contributed by atoms with E-state index in [0.29, 0.717) is 12.4 Å². The van der Waals surface area contributed by atoms with Gasteiger partial charge in [0.05, 0.1) is 6.61 Å². The van der Waals surface area contributed by atoms with Gasteiger partial charge in [-0.15, -0.1) is 0 Å². The Morgan fingerprint density at radius 3 is 2.27 bits per heavy atom. The molecule has 0 N–H and O–H groups in total. The summed E-state index contributed by atoms with van der Waals surface area (Å²) in [5.41, 5.74) is 0. The second-order valence-corrected chi connectivity index (χ2v) is 3.28. The fourth-order valence-electron chi connectivity index (χ4n) is 1.07. The van der Waals surface area contributed by atoms with Crippen molar-refractivity contribution in [2.45, 2.75) is 26.9 Å². The highest BCUT2D eigenvalue weighted by Crippen LogP contribution is 2.18. The quantitative estimate of drug-likeness (QED) is 0.745. The van der Waals surface area contributed by atoms with Crippen molar-refractivity contribution in [2.24, 2.45) is 0 Å². The van der Waals surface area contributed by atoms with Gasteiger partial charge in [-0.3, -0.25) is 4.79 Å². The molecule has 0 bridgehead atoms. The molecule has 0 saturated carbocycles. The average molecular weight is 208 g/mol. The van der Waals surface area contributed by atoms with Crippen LogP contribution in [0, 0.1) is 0 Å². The summed E-state index contributed by atoms with van der Waals surface area (Å²) in [6.07, 6.45) is -0.400. The molecule has 0 spiro atoms. The van der Waals surface area contributed by atoms with E-state index in [2.05, 4.69) is 0 Å². The summed E-state index contributed by atoms with van der Waals surface area (Å²) in [7, 11) is 0. The molecule has 0 fully saturated rings. The summed E-state index contributed by atoms with van der Waals surface area (Å²) >= 11 is 0. The normalized spacial score (nSPS) is 11.9. The van der Waals surface area contributed by atoms with Crippen molar-refractivity contribution in [3.05, 3.63) is 24.3 Å². The molecular weight excluding hydrogens is 192 g/mol. The van der Waals surface area contributed by atoms with Crippen LogP contribution in [0.3, 0.4) is 0 Å². The minimum atomic E-state index is -0.400. The predicted molar refractivity (Wildman–Crippen MR) is 58.4 cm³/mol. The van der Waals surface area contributed by atoms with Gasteiger partial charge < -0.3 is 9.47 Å². The van der Waals surface area contributed by atoms with Crippen LogP contribution in [0.25, 0.3) is 0 Å². The lowest BCUT2D eigenvalue weighted by Gasteiger charge is -2.11. The van der Waals surface area contributed by atoms with E-state index >= 15 is 0 Å². The number of Topliss-reactive ketones (excluding diaryl/α,β-unsaturated/α-hetero) is 1. The number of carbonyl (C=O) groups excluding carboxylic acids is 1. The van der Waals surface area contributed by atoms with Crippen LogP contribution in [0.2, 0.25) is 0 Å². The van der Waals surface area contributed by atoms with Gasteiger partial charge in [0, 0.05) is 0 Å². The minimum Gasteiger partial charge on any atom is -0.494 e. The Balaban J connectivity index is 2.60. The molecule has 82 valence electrons. The van der Waals surface area contributed by atoms with E-state index in [1.807, 2.05) is 19.1 Å². The molecule has 3 heteroatoms. The van der Waals surface area contributed by atoms with Crippen LogP contribution in [0.4, 0.5) is 0 Å². The molecule has 1 aromatic carbocycles. The molecule has 0 aliphatic heterocycles. The fraction of sp³-hybridized carbons (Fsp3) is 0.417. The predicted octanol–water partition coefficient (Wildman–Crippen LogP) is 2.44. The monoisotopic (exact) mass is 208 g/mol. The van der Waals surface area contributed by atoms with E-state index < -0.39 is 6.10 Å². The SMILES string of the molecule is CCOc1ccc(OC(C)C(C)=O)cc1. The average Bonchev–Trinajstić information content (AvgIpc) is 2.21. The second kappa shape index (κ2) is 5.39. The maximum Gasteiger partial charge on any atom is 0.169 e. The number of hydrogen-bond donors (Lipinski definition) is 0. The third-order valence-electron chi connectivity index (χ3n) is 2.02. The fourth-order valence-corrected chi connectivity index (χ4v) is 1.07. The first-order chi connectivity index (χ1) is 7.13. The third kappa shape index (κ3) is 3.62. The number of hydrogen-bond acceptors (Lipinski definition) is 3. The van der Waals surface area contributed by atoms with Crippen molar-refractivity contribution < 1.29 is 14.3 Å². The van der Waals surface area contributed by atoms with Gasteiger partial charge in [0.1, 0.15) is 11.5 Å². The summed E-state index contributed by atoms with van der Waals surface area (Å²) < 4.78 is 10.7. The maximum absolute atomic E-state index is 11.0. The Morgan fingerprint density at radius 2 is 1.80 bits per heavy atom. The van der Waals surface area contributed by atoms with Gasteiger partial charge in [-0.1, -0.05) is 0 Å². The lowest BCUT2D eigenvalue weighted by Crippen LogP contribution is -2.20. The molecule has 0 aliphatic rings. The van der Waals surface area contributed by atoms with Crippen LogP contribution >= 0.6 is 0 Å². The van der Waals surface area contributed by atoms with E-state index in [1.54, 1.807) is 19.1 Å². The highest BCUT2D eigenvalue weighted by molar-refractivity contribution is 5.80. The number of rotatable bonds is 5. The molecular formula is C12H16O3. The molecule has 3 nitrogen and oxygen atoms in total. The van der Waals surface area contributed by atoms with Crippen molar-refractivity contribution in [1.82, 2.24) is 0 Å². The van der Waals surface area contributed by atoms with Gasteiger partial charge >= 0.3 is 0 Å². The Hall–Kier alpha value is -1.51. The molecule has 1 rings (SSSR count). The largest absolute Gasteiger partial charge is 0.494 e. The first-order valence-electron chi connectivity index (χ1n) is 5.03. The summed E-state index contributed by atoms with van der Waals surface area (Å²) in [6.45, 7) is 5.82. The zero-order valence-electron chi connectivity index (χ0n) is 9.32. The molecule has 1 aromatic rings. The lowest BCUT2D eigenvalue weighted by atomic mass is 10.3. The van der Waals surface area contributed by atoms with Gasteiger partial charge in [-0.2, -0.15) is 0 Å². The van der Waals surface area contributed by atoms with E-state index in [9.17, 15) is 4.79 Å². The molecule has 15 heavy (non-hydrogen) atoms. The molecule has 0 heterocycles. The summed E-state index contributed by atoms with van der Waals surface area (Å²) in [5.74, 6) is 1.50. The molecule has 0 aromatic heterocycles. The van der Waals surface area contributed by atoms with Crippen LogP contribution in [-0.4, -0.2) is 18.5 Å². The number of carbonyl (C=O) groups is 1. The number of ether oxygens (including phenoxy) is 2. The van der Waals surface area contributed by atoms with Crippen LogP contribution in [0.1, 0.15) is 20.8 Å². The second-order valence-electron chi connectivity index (χ2n) is 3.28. The van der Waals surface area contributed by atoms with E-state index in [4.69, 9.17) is 9.47 Å². The van der Waals surface area contributed by atoms with E-state index in [-0.39, 0.29) is 5.78 Å². The molecule has 1 atom stereocenters. The van der Waals surface area contributed by atoms with Gasteiger partial charge in [-0.05, 0) is 45.0 Å². The van der Waals surface area contributed by atoms with Gasteiger partial charge in [0.15, 0.2) is 11.9 Å². The molecule has 1 unspecified atom stereocenters. The van der Waals surface area contributed by atoms with Crippen molar-refractivity contribution in [2.75, 3.05) is 6.61 Å². The van der Waals surface area contributed by atoms with Crippen molar-refractivity contribution in [3.8, 4) is 11.5 Å². The minimum absolute atomic E-state index is 0.0175. The third-order valence-corrected chi connectivity index (χ3v) is 2.02. The highest BCUT2D eigenvalue weighted by Gasteiger charge is 2.08. The maximum atomic E-state index is 11.0. The standard InChI is InChI=1S/C12H16O3/c1-4-14-11-5-7-12(8-6-11)15-10(3)9(2)13/h5-8,10H,4H2,1-3H3. The van der Waals surface area contributed by atoms with E-state index in [0.717, 1.165) is 5.75 Å². The molecule has 0 radical (unpaired) electrons. The molecule has 0 amide bonds. The van der Waals surface area contributed by atoms with Crippen LogP contribution in [0.5, 0.6) is 11.5 Å². The summed E-state index contributed by atoms with van der Waals surface area (Å²) in [4.78, 5) is 11.0. The van der Waals surface area contributed by atoms with Crippen molar-refractivity contribution in [3.63, 3.8) is 0 Å².